The molecule has 0 aromatic heterocycles. The Hall–Kier alpha value is -2.28. The van der Waals surface area contributed by atoms with Gasteiger partial charge in [0.2, 0.25) is 11.8 Å². The van der Waals surface area contributed by atoms with Crippen LogP contribution in [0.1, 0.15) is 6.42 Å². The van der Waals surface area contributed by atoms with Crippen LogP contribution in [0.3, 0.4) is 0 Å². The fraction of sp³-hybridized carbons (Fsp3) is 0.176. The van der Waals surface area contributed by atoms with Crippen LogP contribution in [0.5, 0.6) is 0 Å². The van der Waals surface area contributed by atoms with E-state index < -0.39 is 29.4 Å². The Bertz CT molecular complexity index is 813. The Balaban J connectivity index is 1.75. The molecule has 1 N–H and O–H groups in total. The molecular weight excluding hydrogens is 382 g/mol. The minimum atomic E-state index is -0.920. The highest BCUT2D eigenvalue weighted by Crippen LogP contribution is 2.30. The predicted octanol–water partition coefficient (Wildman–Crippen LogP) is 3.72. The molecule has 1 aliphatic rings. The molecule has 2 aromatic carbocycles. The van der Waals surface area contributed by atoms with Crippen molar-refractivity contribution in [1.29, 1.82) is 0 Å². The SMILES string of the molecule is O=C(Nc1cccc(F)c1)C1CCN(c2ccc(Br)cc2F)C1=O. The third-order valence-corrected chi connectivity index (χ3v) is 4.31. The zero-order valence-electron chi connectivity index (χ0n) is 12.4. The average Bonchev–Trinajstić information content (AvgIpc) is 2.89. The summed E-state index contributed by atoms with van der Waals surface area (Å²) in [6.45, 7) is 0.249. The van der Waals surface area contributed by atoms with Crippen LogP contribution in [0.15, 0.2) is 46.9 Å². The fourth-order valence-corrected chi connectivity index (χ4v) is 2.99. The number of hydrogen-bond acceptors (Lipinski definition) is 2. The van der Waals surface area contributed by atoms with Gasteiger partial charge in [-0.25, -0.2) is 8.78 Å². The summed E-state index contributed by atoms with van der Waals surface area (Å²) in [6.07, 6.45) is 0.273. The van der Waals surface area contributed by atoms with Crippen molar-refractivity contribution in [1.82, 2.24) is 0 Å². The van der Waals surface area contributed by atoms with E-state index in [2.05, 4.69) is 21.2 Å². The fourth-order valence-electron chi connectivity index (χ4n) is 2.66. The standard InChI is InChI=1S/C17H13BrF2N2O2/c18-10-4-5-15(14(20)8-10)22-7-6-13(17(22)24)16(23)21-12-3-1-2-11(19)9-12/h1-5,8-9,13H,6-7H2,(H,21,23). The Morgan fingerprint density at radius 2 is 2.00 bits per heavy atom. The molecule has 1 aliphatic heterocycles. The van der Waals surface area contributed by atoms with Gasteiger partial charge in [0.05, 0.1) is 5.69 Å². The monoisotopic (exact) mass is 394 g/mol. The summed E-state index contributed by atoms with van der Waals surface area (Å²) in [6, 6.07) is 9.81. The number of benzene rings is 2. The zero-order valence-corrected chi connectivity index (χ0v) is 14.0. The molecular formula is C17H13BrF2N2O2. The lowest BCUT2D eigenvalue weighted by Gasteiger charge is -2.17. The van der Waals surface area contributed by atoms with Crippen molar-refractivity contribution in [2.45, 2.75) is 6.42 Å². The molecule has 2 amide bonds. The number of halogens is 3. The second-order valence-corrected chi connectivity index (χ2v) is 6.34. The van der Waals surface area contributed by atoms with E-state index in [4.69, 9.17) is 0 Å². The van der Waals surface area contributed by atoms with E-state index in [0.717, 1.165) is 0 Å². The van der Waals surface area contributed by atoms with Crippen molar-refractivity contribution in [2.24, 2.45) is 5.92 Å². The van der Waals surface area contributed by atoms with Crippen LogP contribution in [0.4, 0.5) is 20.2 Å². The number of anilines is 2. The molecule has 0 bridgehead atoms. The summed E-state index contributed by atoms with van der Waals surface area (Å²) < 4.78 is 27.8. The third kappa shape index (κ3) is 3.31. The minimum absolute atomic E-state index is 0.143. The van der Waals surface area contributed by atoms with Crippen LogP contribution >= 0.6 is 15.9 Å². The first-order chi connectivity index (χ1) is 11.5. The van der Waals surface area contributed by atoms with Gasteiger partial charge in [-0.1, -0.05) is 22.0 Å². The smallest absolute Gasteiger partial charge is 0.239 e. The topological polar surface area (TPSA) is 49.4 Å². The van der Waals surface area contributed by atoms with Crippen LogP contribution in [0.2, 0.25) is 0 Å². The molecule has 0 spiro atoms. The highest BCUT2D eigenvalue weighted by molar-refractivity contribution is 9.10. The van der Waals surface area contributed by atoms with Gasteiger partial charge in [-0.15, -0.1) is 0 Å². The number of nitrogens with zero attached hydrogens (tertiary/aromatic N) is 1. The highest BCUT2D eigenvalue weighted by Gasteiger charge is 2.38. The van der Waals surface area contributed by atoms with E-state index in [-0.39, 0.29) is 24.3 Å². The van der Waals surface area contributed by atoms with Crippen LogP contribution in [-0.4, -0.2) is 18.4 Å². The van der Waals surface area contributed by atoms with Gasteiger partial charge in [0.1, 0.15) is 17.6 Å². The normalized spacial score (nSPS) is 17.2. The molecule has 1 atom stereocenters. The molecule has 124 valence electrons. The van der Waals surface area contributed by atoms with E-state index in [1.165, 1.54) is 41.3 Å². The first-order valence-electron chi connectivity index (χ1n) is 7.28. The summed E-state index contributed by atoms with van der Waals surface area (Å²) in [4.78, 5) is 26.0. The summed E-state index contributed by atoms with van der Waals surface area (Å²) in [7, 11) is 0. The lowest BCUT2D eigenvalue weighted by Crippen LogP contribution is -2.33. The van der Waals surface area contributed by atoms with E-state index in [9.17, 15) is 18.4 Å². The molecule has 1 heterocycles. The largest absolute Gasteiger partial charge is 0.325 e. The Morgan fingerprint density at radius 3 is 2.71 bits per heavy atom. The third-order valence-electron chi connectivity index (χ3n) is 3.81. The first kappa shape index (κ1) is 16.6. The van der Waals surface area contributed by atoms with Crippen molar-refractivity contribution in [3.8, 4) is 0 Å². The molecule has 1 saturated heterocycles. The van der Waals surface area contributed by atoms with Crippen LogP contribution in [0.25, 0.3) is 0 Å². The highest BCUT2D eigenvalue weighted by atomic mass is 79.9. The zero-order chi connectivity index (χ0) is 17.3. The van der Waals surface area contributed by atoms with Crippen molar-refractivity contribution < 1.29 is 18.4 Å². The first-order valence-corrected chi connectivity index (χ1v) is 8.08. The quantitative estimate of drug-likeness (QED) is 0.806. The molecule has 4 nitrogen and oxygen atoms in total. The molecule has 0 radical (unpaired) electrons. The maximum absolute atomic E-state index is 14.0. The van der Waals surface area contributed by atoms with Gasteiger partial charge in [-0.2, -0.15) is 0 Å². The predicted molar refractivity (Wildman–Crippen MR) is 89.6 cm³/mol. The van der Waals surface area contributed by atoms with Gasteiger partial charge in [0.25, 0.3) is 0 Å². The van der Waals surface area contributed by atoms with Crippen molar-refractivity contribution >= 4 is 39.1 Å². The Kier molecular flexibility index (Phi) is 4.62. The molecule has 0 aliphatic carbocycles. The maximum Gasteiger partial charge on any atom is 0.239 e. The van der Waals surface area contributed by atoms with Crippen LogP contribution < -0.4 is 10.2 Å². The van der Waals surface area contributed by atoms with E-state index in [1.807, 2.05) is 0 Å². The van der Waals surface area contributed by atoms with Crippen LogP contribution in [0, 0.1) is 17.6 Å². The summed E-state index contributed by atoms with van der Waals surface area (Å²) in [5, 5.41) is 2.52. The van der Waals surface area contributed by atoms with E-state index >= 15 is 0 Å². The molecule has 0 saturated carbocycles. The van der Waals surface area contributed by atoms with Crippen molar-refractivity contribution in [2.75, 3.05) is 16.8 Å². The molecule has 24 heavy (non-hydrogen) atoms. The van der Waals surface area contributed by atoms with Crippen molar-refractivity contribution in [3.63, 3.8) is 0 Å². The number of nitrogens with one attached hydrogen (secondary N) is 1. The molecule has 1 unspecified atom stereocenters. The maximum atomic E-state index is 14.0. The number of rotatable bonds is 3. The van der Waals surface area contributed by atoms with Crippen LogP contribution in [-0.2, 0) is 9.59 Å². The van der Waals surface area contributed by atoms with Gasteiger partial charge < -0.3 is 10.2 Å². The lowest BCUT2D eigenvalue weighted by atomic mass is 10.1. The van der Waals surface area contributed by atoms with Gasteiger partial charge in [0, 0.05) is 16.7 Å². The number of hydrogen-bond donors (Lipinski definition) is 1. The van der Waals surface area contributed by atoms with E-state index in [0.29, 0.717) is 4.47 Å². The van der Waals surface area contributed by atoms with Gasteiger partial charge in [-0.05, 0) is 42.8 Å². The van der Waals surface area contributed by atoms with Gasteiger partial charge >= 0.3 is 0 Å². The van der Waals surface area contributed by atoms with E-state index in [1.54, 1.807) is 6.07 Å². The molecule has 3 rings (SSSR count). The summed E-state index contributed by atoms with van der Waals surface area (Å²) >= 11 is 3.16. The van der Waals surface area contributed by atoms with Crippen molar-refractivity contribution in [3.05, 3.63) is 58.6 Å². The second kappa shape index (κ2) is 6.68. The number of carbonyl (C=O) groups excluding carboxylic acids is 2. The summed E-state index contributed by atoms with van der Waals surface area (Å²) in [5.41, 5.74) is 0.422. The Morgan fingerprint density at radius 1 is 1.21 bits per heavy atom. The molecule has 2 aromatic rings. The van der Waals surface area contributed by atoms with Gasteiger partial charge in [-0.3, -0.25) is 9.59 Å². The molecule has 1 fully saturated rings. The Labute approximate surface area is 145 Å². The average molecular weight is 395 g/mol. The minimum Gasteiger partial charge on any atom is -0.325 e. The lowest BCUT2D eigenvalue weighted by molar-refractivity contribution is -0.129. The number of amides is 2. The molecule has 7 heteroatoms. The summed E-state index contributed by atoms with van der Waals surface area (Å²) in [5.74, 6) is -2.93. The number of carbonyl (C=O) groups is 2. The van der Waals surface area contributed by atoms with Gasteiger partial charge in [0.15, 0.2) is 0 Å². The second-order valence-electron chi connectivity index (χ2n) is 5.43.